The molecule has 4 aromatic rings. The maximum absolute atomic E-state index is 13.8. The fourth-order valence-electron chi connectivity index (χ4n) is 4.97. The number of ketones is 1. The van der Waals surface area contributed by atoms with Crippen LogP contribution >= 0.6 is 0 Å². The summed E-state index contributed by atoms with van der Waals surface area (Å²) < 4.78 is 12.9. The normalized spacial score (nSPS) is 13.6. The van der Waals surface area contributed by atoms with E-state index >= 15 is 0 Å². The van der Waals surface area contributed by atoms with Crippen molar-refractivity contribution in [3.8, 4) is 0 Å². The second kappa shape index (κ2) is 12.5. The Morgan fingerprint density at radius 1 is 0.737 bits per heavy atom. The highest BCUT2D eigenvalue weighted by molar-refractivity contribution is 6.99. The Morgan fingerprint density at radius 3 is 1.66 bits per heavy atom. The Bertz CT molecular complexity index is 1230. The topological polar surface area (TPSA) is 55.8 Å². The van der Waals surface area contributed by atoms with Crippen LogP contribution < -0.4 is 10.4 Å². The number of aliphatic hydroxyl groups excluding tert-OH is 1. The lowest BCUT2D eigenvalue weighted by Gasteiger charge is -2.43. The van der Waals surface area contributed by atoms with Crippen molar-refractivity contribution in [2.75, 3.05) is 6.61 Å². The highest BCUT2D eigenvalue weighted by Gasteiger charge is 2.50. The fraction of sp³-hybridized carbons (Fsp3) is 0.242. The van der Waals surface area contributed by atoms with Crippen LogP contribution in [0.5, 0.6) is 0 Å². The summed E-state index contributed by atoms with van der Waals surface area (Å²) in [7, 11) is -2.92. The van der Waals surface area contributed by atoms with E-state index in [2.05, 4.69) is 45.0 Å². The number of carbonyl (C=O) groups is 1. The summed E-state index contributed by atoms with van der Waals surface area (Å²) in [4.78, 5) is 13.8. The molecular weight excluding hydrogens is 488 g/mol. The number of carbonyl (C=O) groups excluding carboxylic acids is 1. The Morgan fingerprint density at radius 2 is 1.18 bits per heavy atom. The lowest BCUT2D eigenvalue weighted by Crippen LogP contribution is -2.67. The van der Waals surface area contributed by atoms with Crippen LogP contribution in [0, 0.1) is 0 Å². The van der Waals surface area contributed by atoms with E-state index in [-0.39, 0.29) is 24.0 Å². The summed E-state index contributed by atoms with van der Waals surface area (Å²) in [5.74, 6) is -0.287. The van der Waals surface area contributed by atoms with Crippen LogP contribution in [0.2, 0.25) is 5.04 Å². The van der Waals surface area contributed by atoms with Crippen molar-refractivity contribution >= 4 is 24.5 Å². The minimum absolute atomic E-state index is 0.170. The van der Waals surface area contributed by atoms with Crippen LogP contribution in [-0.4, -0.2) is 31.9 Å². The minimum Gasteiger partial charge on any atom is -0.400 e. The van der Waals surface area contributed by atoms with E-state index in [9.17, 15) is 9.90 Å². The fourth-order valence-corrected chi connectivity index (χ4v) is 9.48. The monoisotopic (exact) mass is 524 g/mol. The molecule has 0 aromatic heterocycles. The van der Waals surface area contributed by atoms with Crippen molar-refractivity contribution in [1.29, 1.82) is 0 Å². The number of benzene rings is 4. The van der Waals surface area contributed by atoms with Gasteiger partial charge in [0, 0.05) is 0 Å². The first-order chi connectivity index (χ1) is 18.3. The second-order valence-electron chi connectivity index (χ2n) is 10.5. The molecule has 0 spiro atoms. The van der Waals surface area contributed by atoms with Crippen molar-refractivity contribution in [3.05, 3.63) is 132 Å². The van der Waals surface area contributed by atoms with Gasteiger partial charge in [0.25, 0.3) is 8.32 Å². The molecule has 0 fully saturated rings. The van der Waals surface area contributed by atoms with Gasteiger partial charge < -0.3 is 14.3 Å². The molecule has 0 unspecified atom stereocenters. The minimum atomic E-state index is -2.92. The molecule has 0 radical (unpaired) electrons. The Labute approximate surface area is 227 Å². The zero-order chi connectivity index (χ0) is 27.0. The zero-order valence-electron chi connectivity index (χ0n) is 22.3. The molecule has 0 saturated carbocycles. The molecule has 0 heterocycles. The van der Waals surface area contributed by atoms with Crippen LogP contribution in [0.1, 0.15) is 38.0 Å². The van der Waals surface area contributed by atoms with Crippen LogP contribution in [0.15, 0.2) is 121 Å². The average molecular weight is 525 g/mol. The van der Waals surface area contributed by atoms with Crippen molar-refractivity contribution < 1.29 is 19.1 Å². The molecule has 2 atom stereocenters. The van der Waals surface area contributed by atoms with Gasteiger partial charge >= 0.3 is 0 Å². The molecule has 38 heavy (non-hydrogen) atoms. The van der Waals surface area contributed by atoms with Gasteiger partial charge in [0.15, 0.2) is 5.78 Å². The predicted octanol–water partition coefficient (Wildman–Crippen LogP) is 5.45. The van der Waals surface area contributed by atoms with E-state index in [0.29, 0.717) is 5.56 Å². The van der Waals surface area contributed by atoms with E-state index < -0.39 is 20.5 Å². The Balaban J connectivity index is 1.66. The standard InChI is InChI=1S/C33H36O4Si/c1-33(2,3)38(28-20-12-6-13-21-28,29-22-14-7-15-23-29)37-25-30(34)32(31(35)27-18-10-5-11-19-27)36-24-26-16-8-4-9-17-26/h4-23,31-32,35H,24-25H2,1-3H3/t31-,32-/m0/s1. The number of Topliss-reactive ketones (excluding diaryl/α,β-unsaturated/α-hetero) is 1. The second-order valence-corrected chi connectivity index (χ2v) is 14.8. The van der Waals surface area contributed by atoms with Crippen LogP contribution in [0.3, 0.4) is 0 Å². The van der Waals surface area contributed by atoms with Gasteiger partial charge in [-0.3, -0.25) is 4.79 Å². The molecule has 4 rings (SSSR count). The van der Waals surface area contributed by atoms with Gasteiger partial charge in [0.2, 0.25) is 0 Å². The van der Waals surface area contributed by atoms with Crippen molar-refractivity contribution in [2.24, 2.45) is 0 Å². The van der Waals surface area contributed by atoms with Gasteiger partial charge in [-0.1, -0.05) is 142 Å². The van der Waals surface area contributed by atoms with Crippen LogP contribution in [-0.2, 0) is 20.6 Å². The molecule has 4 aromatic carbocycles. The SMILES string of the molecule is CC(C)(C)[Si](OCC(=O)[C@H](OCc1ccccc1)[C@@H](O)c1ccccc1)(c1ccccc1)c1ccccc1. The largest absolute Gasteiger partial charge is 0.400 e. The van der Waals surface area contributed by atoms with Gasteiger partial charge in [-0.15, -0.1) is 0 Å². The molecule has 1 N–H and O–H groups in total. The first kappa shape index (κ1) is 27.7. The summed E-state index contributed by atoms with van der Waals surface area (Å²) in [5, 5.41) is 13.2. The third-order valence-corrected chi connectivity index (χ3v) is 11.8. The molecule has 5 heteroatoms. The Hall–Kier alpha value is -3.35. The number of aliphatic hydroxyl groups is 1. The number of rotatable bonds is 11. The number of ether oxygens (including phenoxy) is 1. The quantitative estimate of drug-likeness (QED) is 0.265. The van der Waals surface area contributed by atoms with Crippen molar-refractivity contribution in [3.63, 3.8) is 0 Å². The first-order valence-corrected chi connectivity index (χ1v) is 14.9. The highest BCUT2D eigenvalue weighted by atomic mass is 28.4. The zero-order valence-corrected chi connectivity index (χ0v) is 23.3. The Kier molecular flexibility index (Phi) is 9.08. The molecular formula is C33H36O4Si. The predicted molar refractivity (Wildman–Crippen MR) is 155 cm³/mol. The maximum atomic E-state index is 13.8. The molecule has 0 bridgehead atoms. The maximum Gasteiger partial charge on any atom is 0.261 e. The summed E-state index contributed by atoms with van der Waals surface area (Å²) >= 11 is 0. The van der Waals surface area contributed by atoms with E-state index in [1.807, 2.05) is 84.9 Å². The summed E-state index contributed by atoms with van der Waals surface area (Å²) in [5.41, 5.74) is 1.56. The van der Waals surface area contributed by atoms with E-state index in [0.717, 1.165) is 15.9 Å². The number of hydrogen-bond donors (Lipinski definition) is 1. The van der Waals surface area contributed by atoms with Gasteiger partial charge in [-0.25, -0.2) is 0 Å². The summed E-state index contributed by atoms with van der Waals surface area (Å²) in [6, 6.07) is 39.3. The first-order valence-electron chi connectivity index (χ1n) is 13.0. The lowest BCUT2D eigenvalue weighted by molar-refractivity contribution is -0.142. The third kappa shape index (κ3) is 6.20. The lowest BCUT2D eigenvalue weighted by atomic mass is 10.0. The van der Waals surface area contributed by atoms with Crippen LogP contribution in [0.25, 0.3) is 0 Å². The third-order valence-electron chi connectivity index (χ3n) is 6.87. The van der Waals surface area contributed by atoms with Gasteiger partial charge in [0.05, 0.1) is 13.2 Å². The molecule has 0 amide bonds. The van der Waals surface area contributed by atoms with Gasteiger partial charge in [0.1, 0.15) is 12.2 Å². The van der Waals surface area contributed by atoms with E-state index in [1.165, 1.54) is 0 Å². The van der Waals surface area contributed by atoms with Crippen molar-refractivity contribution in [2.45, 2.75) is 44.6 Å². The molecule has 196 valence electrons. The smallest absolute Gasteiger partial charge is 0.261 e. The molecule has 4 nitrogen and oxygen atoms in total. The molecule has 0 aliphatic carbocycles. The van der Waals surface area contributed by atoms with E-state index in [1.54, 1.807) is 12.1 Å². The highest BCUT2D eigenvalue weighted by Crippen LogP contribution is 2.37. The molecule has 0 aliphatic rings. The van der Waals surface area contributed by atoms with Crippen molar-refractivity contribution in [1.82, 2.24) is 0 Å². The molecule has 0 aliphatic heterocycles. The van der Waals surface area contributed by atoms with Gasteiger partial charge in [-0.2, -0.15) is 0 Å². The average Bonchev–Trinajstić information content (AvgIpc) is 2.95. The van der Waals surface area contributed by atoms with Gasteiger partial charge in [-0.05, 0) is 26.5 Å². The van der Waals surface area contributed by atoms with Crippen LogP contribution in [0.4, 0.5) is 0 Å². The number of hydrogen-bond acceptors (Lipinski definition) is 4. The molecule has 0 saturated heterocycles. The summed E-state index contributed by atoms with van der Waals surface area (Å²) in [6.07, 6.45) is -2.19. The summed E-state index contributed by atoms with van der Waals surface area (Å²) in [6.45, 7) is 6.56. The van der Waals surface area contributed by atoms with E-state index in [4.69, 9.17) is 9.16 Å².